The lowest BCUT2D eigenvalue weighted by atomic mass is 10.1. The van der Waals surface area contributed by atoms with E-state index in [0.717, 1.165) is 10.2 Å². The summed E-state index contributed by atoms with van der Waals surface area (Å²) in [5, 5.41) is 0. The van der Waals surface area contributed by atoms with Crippen molar-refractivity contribution in [1.82, 2.24) is 13.8 Å². The molecule has 9 nitrogen and oxygen atoms in total. The number of nitrogens with zero attached hydrogens (tertiary/aromatic N) is 4. The summed E-state index contributed by atoms with van der Waals surface area (Å²) in [6.45, 7) is 9.69. The topological polar surface area (TPSA) is 101 Å². The summed E-state index contributed by atoms with van der Waals surface area (Å²) in [5.74, 6) is -0.427. The molecule has 0 spiro atoms. The second-order valence-corrected chi connectivity index (χ2v) is 11.5. The summed E-state index contributed by atoms with van der Waals surface area (Å²) in [6, 6.07) is 10.1. The second-order valence-electron chi connectivity index (χ2n) is 8.56. The fraction of sp³-hybridized carbons (Fsp3) is 0.400. The monoisotopic (exact) mass is 530 g/mol. The van der Waals surface area contributed by atoms with E-state index in [-0.39, 0.29) is 37.7 Å². The predicted molar refractivity (Wildman–Crippen MR) is 139 cm³/mol. The minimum absolute atomic E-state index is 0.0973. The third kappa shape index (κ3) is 5.09. The molecule has 1 aliphatic heterocycles. The third-order valence-corrected chi connectivity index (χ3v) is 9.27. The molecule has 2 amide bonds. The van der Waals surface area contributed by atoms with Gasteiger partial charge in [0.1, 0.15) is 0 Å². The molecule has 1 aromatic heterocycles. The van der Waals surface area contributed by atoms with Gasteiger partial charge in [-0.2, -0.15) is 9.30 Å². The lowest BCUT2D eigenvalue weighted by Crippen LogP contribution is -2.50. The molecule has 11 heteroatoms. The average molecular weight is 531 g/mol. The predicted octanol–water partition coefficient (Wildman–Crippen LogP) is 3.54. The van der Waals surface area contributed by atoms with Gasteiger partial charge >= 0.3 is 6.09 Å². The fourth-order valence-corrected chi connectivity index (χ4v) is 6.70. The van der Waals surface area contributed by atoms with Crippen LogP contribution in [0.4, 0.5) is 4.79 Å². The number of benzene rings is 2. The molecule has 0 bridgehead atoms. The minimum atomic E-state index is -3.75. The molecule has 2 heterocycles. The molecule has 1 aliphatic rings. The Kier molecular flexibility index (Phi) is 7.62. The van der Waals surface area contributed by atoms with Crippen LogP contribution >= 0.6 is 11.3 Å². The first kappa shape index (κ1) is 26.1. The van der Waals surface area contributed by atoms with Crippen molar-refractivity contribution in [3.8, 4) is 0 Å². The van der Waals surface area contributed by atoms with E-state index in [1.807, 2.05) is 11.5 Å². The van der Waals surface area contributed by atoms with E-state index in [9.17, 15) is 18.0 Å². The number of aryl methyl sites for hydroxylation is 3. The summed E-state index contributed by atoms with van der Waals surface area (Å²) in [4.78, 5) is 31.4. The number of carbonyl (C=O) groups excluding carboxylic acids is 2. The van der Waals surface area contributed by atoms with Gasteiger partial charge in [0.25, 0.3) is 5.91 Å². The molecule has 4 rings (SSSR count). The van der Waals surface area contributed by atoms with Gasteiger partial charge in [0.2, 0.25) is 10.0 Å². The Hall–Kier alpha value is -3.02. The van der Waals surface area contributed by atoms with Crippen LogP contribution in [0.25, 0.3) is 10.2 Å². The molecule has 0 atom stereocenters. The van der Waals surface area contributed by atoms with Gasteiger partial charge in [-0.1, -0.05) is 11.3 Å². The molecule has 3 aromatic rings. The quantitative estimate of drug-likeness (QED) is 0.502. The number of amides is 2. The molecule has 36 heavy (non-hydrogen) atoms. The number of fused-ring (bicyclic) bond motifs is 1. The van der Waals surface area contributed by atoms with Crippen LogP contribution in [0.3, 0.4) is 0 Å². The van der Waals surface area contributed by atoms with Crippen molar-refractivity contribution in [3.05, 3.63) is 57.9 Å². The molecular weight excluding hydrogens is 500 g/mol. The van der Waals surface area contributed by atoms with E-state index < -0.39 is 22.0 Å². The average Bonchev–Trinajstić information content (AvgIpc) is 3.19. The van der Waals surface area contributed by atoms with Gasteiger partial charge in [-0.3, -0.25) is 4.79 Å². The standard InChI is InChI=1S/C25H30N4O5S2/c1-5-29-21-15-17(3)18(4)16-22(21)35-24(29)26-23(30)19-7-9-20(10-8-19)36(32,33)28-13-11-27(12-14-28)25(31)34-6-2/h7-10,15-16H,5-6,11-14H2,1-4H3. The summed E-state index contributed by atoms with van der Waals surface area (Å²) in [6.07, 6.45) is -0.436. The molecule has 192 valence electrons. The third-order valence-electron chi connectivity index (χ3n) is 6.32. The zero-order valence-electron chi connectivity index (χ0n) is 20.9. The highest BCUT2D eigenvalue weighted by Gasteiger charge is 2.30. The number of ether oxygens (including phenoxy) is 1. The van der Waals surface area contributed by atoms with Crippen molar-refractivity contribution in [2.45, 2.75) is 39.1 Å². The number of piperazine rings is 1. The Morgan fingerprint density at radius 1 is 1.00 bits per heavy atom. The molecular formula is C25H30N4O5S2. The lowest BCUT2D eigenvalue weighted by Gasteiger charge is -2.33. The zero-order valence-corrected chi connectivity index (χ0v) is 22.5. The van der Waals surface area contributed by atoms with Crippen LogP contribution in [0.15, 0.2) is 46.3 Å². The van der Waals surface area contributed by atoms with Crippen LogP contribution in [0.5, 0.6) is 0 Å². The van der Waals surface area contributed by atoms with Gasteiger partial charge in [-0.25, -0.2) is 13.2 Å². The fourth-order valence-electron chi connectivity index (χ4n) is 4.11. The summed E-state index contributed by atoms with van der Waals surface area (Å²) in [7, 11) is -3.75. The Bertz CT molecular complexity index is 1460. The van der Waals surface area contributed by atoms with Crippen LogP contribution < -0.4 is 4.80 Å². The molecule has 0 saturated carbocycles. The Labute approximate surface area is 214 Å². The van der Waals surface area contributed by atoms with Crippen LogP contribution in [-0.2, 0) is 21.3 Å². The van der Waals surface area contributed by atoms with Crippen molar-refractivity contribution >= 4 is 43.6 Å². The molecule has 0 unspecified atom stereocenters. The first-order valence-electron chi connectivity index (χ1n) is 11.9. The number of sulfonamides is 1. The smallest absolute Gasteiger partial charge is 0.409 e. The van der Waals surface area contributed by atoms with E-state index in [2.05, 4.69) is 31.0 Å². The SMILES string of the molecule is CCOC(=O)N1CCN(S(=O)(=O)c2ccc(C(=O)N=c3sc4cc(C)c(C)cc4n3CC)cc2)CC1. The highest BCUT2D eigenvalue weighted by molar-refractivity contribution is 7.89. The number of carbonyl (C=O) groups is 2. The van der Waals surface area contributed by atoms with Gasteiger partial charge in [-0.05, 0) is 75.2 Å². The molecule has 2 aromatic carbocycles. The van der Waals surface area contributed by atoms with Crippen molar-refractivity contribution in [2.75, 3.05) is 32.8 Å². The second kappa shape index (κ2) is 10.5. The van der Waals surface area contributed by atoms with Crippen molar-refractivity contribution < 1.29 is 22.7 Å². The van der Waals surface area contributed by atoms with E-state index in [0.29, 0.717) is 16.9 Å². The number of aromatic nitrogens is 1. The van der Waals surface area contributed by atoms with Gasteiger partial charge in [0, 0.05) is 38.3 Å². The Morgan fingerprint density at radius 2 is 1.64 bits per heavy atom. The van der Waals surface area contributed by atoms with Gasteiger partial charge in [-0.15, -0.1) is 0 Å². The Balaban J connectivity index is 1.53. The van der Waals surface area contributed by atoms with Gasteiger partial charge in [0.15, 0.2) is 4.80 Å². The molecule has 1 saturated heterocycles. The highest BCUT2D eigenvalue weighted by Crippen LogP contribution is 2.22. The summed E-state index contributed by atoms with van der Waals surface area (Å²) >= 11 is 1.46. The Morgan fingerprint density at radius 3 is 2.25 bits per heavy atom. The number of rotatable bonds is 5. The lowest BCUT2D eigenvalue weighted by molar-refractivity contribution is 0.0933. The first-order chi connectivity index (χ1) is 17.1. The number of hydrogen-bond donors (Lipinski definition) is 0. The maximum Gasteiger partial charge on any atom is 0.409 e. The highest BCUT2D eigenvalue weighted by atomic mass is 32.2. The van der Waals surface area contributed by atoms with Crippen LogP contribution in [0.2, 0.25) is 0 Å². The minimum Gasteiger partial charge on any atom is -0.450 e. The normalized spacial score (nSPS) is 15.4. The van der Waals surface area contributed by atoms with Crippen molar-refractivity contribution in [3.63, 3.8) is 0 Å². The van der Waals surface area contributed by atoms with E-state index in [4.69, 9.17) is 4.74 Å². The largest absolute Gasteiger partial charge is 0.450 e. The maximum absolute atomic E-state index is 13.1. The number of hydrogen-bond acceptors (Lipinski definition) is 6. The molecule has 0 radical (unpaired) electrons. The van der Waals surface area contributed by atoms with Gasteiger partial charge in [0.05, 0.1) is 21.7 Å². The molecule has 0 aliphatic carbocycles. The van der Waals surface area contributed by atoms with Crippen LogP contribution in [0.1, 0.15) is 35.3 Å². The zero-order chi connectivity index (χ0) is 26.0. The van der Waals surface area contributed by atoms with Crippen LogP contribution in [0, 0.1) is 13.8 Å². The molecule has 0 N–H and O–H groups in total. The van der Waals surface area contributed by atoms with Crippen LogP contribution in [-0.4, -0.2) is 67.0 Å². The van der Waals surface area contributed by atoms with Crippen molar-refractivity contribution in [1.29, 1.82) is 0 Å². The maximum atomic E-state index is 13.1. The summed E-state index contributed by atoms with van der Waals surface area (Å²) < 4.78 is 35.6. The number of thiazole rings is 1. The summed E-state index contributed by atoms with van der Waals surface area (Å²) in [5.41, 5.74) is 3.72. The van der Waals surface area contributed by atoms with E-state index in [1.54, 1.807) is 6.92 Å². The van der Waals surface area contributed by atoms with E-state index in [1.165, 1.54) is 55.9 Å². The van der Waals surface area contributed by atoms with E-state index >= 15 is 0 Å². The molecule has 1 fully saturated rings. The van der Waals surface area contributed by atoms with Gasteiger partial charge < -0.3 is 14.2 Å². The van der Waals surface area contributed by atoms with Crippen molar-refractivity contribution in [2.24, 2.45) is 4.99 Å². The first-order valence-corrected chi connectivity index (χ1v) is 14.1.